The van der Waals surface area contributed by atoms with Crippen LogP contribution in [-0.4, -0.2) is 13.7 Å². The highest BCUT2D eigenvalue weighted by atomic mass is 16.5. The zero-order valence-electron chi connectivity index (χ0n) is 10.2. The van der Waals surface area contributed by atoms with Crippen LogP contribution < -0.4 is 10.5 Å². The molecule has 2 nitrogen and oxygen atoms in total. The average Bonchev–Trinajstić information content (AvgIpc) is 3.09. The quantitative estimate of drug-likeness (QED) is 0.826. The van der Waals surface area contributed by atoms with E-state index < -0.39 is 0 Å². The first-order valence-corrected chi connectivity index (χ1v) is 6.11. The summed E-state index contributed by atoms with van der Waals surface area (Å²) in [5.74, 6) is 2.51. The van der Waals surface area contributed by atoms with Gasteiger partial charge in [-0.25, -0.2) is 0 Å². The van der Waals surface area contributed by atoms with E-state index in [0.717, 1.165) is 24.6 Å². The fourth-order valence-corrected chi connectivity index (χ4v) is 2.48. The molecule has 2 heteroatoms. The number of benzene rings is 1. The topological polar surface area (TPSA) is 35.2 Å². The van der Waals surface area contributed by atoms with Gasteiger partial charge in [-0.05, 0) is 61.8 Å². The summed E-state index contributed by atoms with van der Waals surface area (Å²) < 4.78 is 5.29. The lowest BCUT2D eigenvalue weighted by Gasteiger charge is -2.17. The Kier molecular flexibility index (Phi) is 3.49. The van der Waals surface area contributed by atoms with Crippen molar-refractivity contribution in [1.82, 2.24) is 0 Å². The molecule has 0 saturated heterocycles. The average molecular weight is 219 g/mol. The van der Waals surface area contributed by atoms with Gasteiger partial charge < -0.3 is 10.5 Å². The number of methoxy groups -OCH3 is 1. The largest absolute Gasteiger partial charge is 0.496 e. The summed E-state index contributed by atoms with van der Waals surface area (Å²) in [6.07, 6.45) is 3.85. The molecule has 1 atom stereocenters. The van der Waals surface area contributed by atoms with Crippen LogP contribution in [0.1, 0.15) is 36.3 Å². The second kappa shape index (κ2) is 4.88. The normalized spacial score (nSPS) is 17.2. The monoisotopic (exact) mass is 219 g/mol. The van der Waals surface area contributed by atoms with Gasteiger partial charge in [-0.2, -0.15) is 0 Å². The fraction of sp³-hybridized carbons (Fsp3) is 0.571. The summed E-state index contributed by atoms with van der Waals surface area (Å²) in [6, 6.07) is 6.54. The SMILES string of the molecule is COc1ccc(C(CCN)C2CC2)cc1C. The molecular formula is C14H21NO. The molecule has 1 aromatic carbocycles. The Bertz CT molecular complexity index is 358. The molecule has 1 aliphatic rings. The van der Waals surface area contributed by atoms with Crippen molar-refractivity contribution in [2.45, 2.75) is 32.1 Å². The summed E-state index contributed by atoms with van der Waals surface area (Å²) in [4.78, 5) is 0. The molecule has 88 valence electrons. The van der Waals surface area contributed by atoms with E-state index in [9.17, 15) is 0 Å². The molecular weight excluding hydrogens is 198 g/mol. The van der Waals surface area contributed by atoms with Crippen molar-refractivity contribution in [3.8, 4) is 5.75 Å². The van der Waals surface area contributed by atoms with E-state index in [1.54, 1.807) is 7.11 Å². The lowest BCUT2D eigenvalue weighted by molar-refractivity contribution is 0.411. The first-order valence-electron chi connectivity index (χ1n) is 6.11. The van der Waals surface area contributed by atoms with E-state index >= 15 is 0 Å². The van der Waals surface area contributed by atoms with Gasteiger partial charge in [0.25, 0.3) is 0 Å². The van der Waals surface area contributed by atoms with Crippen molar-refractivity contribution in [3.05, 3.63) is 29.3 Å². The molecule has 0 aromatic heterocycles. The molecule has 0 bridgehead atoms. The Hall–Kier alpha value is -1.02. The lowest BCUT2D eigenvalue weighted by atomic mass is 9.90. The van der Waals surface area contributed by atoms with Gasteiger partial charge in [0.15, 0.2) is 0 Å². The minimum atomic E-state index is 0.662. The van der Waals surface area contributed by atoms with Gasteiger partial charge in [0.05, 0.1) is 7.11 Å². The van der Waals surface area contributed by atoms with Crippen LogP contribution in [0.2, 0.25) is 0 Å². The predicted octanol–water partition coefficient (Wildman–Crippen LogP) is 2.85. The molecule has 0 amide bonds. The highest BCUT2D eigenvalue weighted by molar-refractivity contribution is 5.38. The van der Waals surface area contributed by atoms with Gasteiger partial charge in [0, 0.05) is 0 Å². The Labute approximate surface area is 97.8 Å². The highest BCUT2D eigenvalue weighted by Gasteiger charge is 2.31. The standard InChI is InChI=1S/C14H21NO/c1-10-9-12(5-6-14(10)16-2)13(7-8-15)11-3-4-11/h5-6,9,11,13H,3-4,7-8,15H2,1-2H3. The molecule has 1 unspecified atom stereocenters. The molecule has 1 aliphatic carbocycles. The van der Waals surface area contributed by atoms with Crippen molar-refractivity contribution in [2.24, 2.45) is 11.7 Å². The van der Waals surface area contributed by atoms with Crippen molar-refractivity contribution in [3.63, 3.8) is 0 Å². The van der Waals surface area contributed by atoms with E-state index in [-0.39, 0.29) is 0 Å². The second-order valence-electron chi connectivity index (χ2n) is 4.75. The minimum absolute atomic E-state index is 0.662. The van der Waals surface area contributed by atoms with Crippen LogP contribution >= 0.6 is 0 Å². The number of ether oxygens (including phenoxy) is 1. The third kappa shape index (κ3) is 2.38. The van der Waals surface area contributed by atoms with Gasteiger partial charge in [0.1, 0.15) is 5.75 Å². The molecule has 0 radical (unpaired) electrons. The van der Waals surface area contributed by atoms with Gasteiger partial charge in [0.2, 0.25) is 0 Å². The molecule has 1 saturated carbocycles. The van der Waals surface area contributed by atoms with E-state index in [0.29, 0.717) is 5.92 Å². The maximum Gasteiger partial charge on any atom is 0.121 e. The van der Waals surface area contributed by atoms with Crippen LogP contribution in [0, 0.1) is 12.8 Å². The number of hydrogen-bond acceptors (Lipinski definition) is 2. The zero-order chi connectivity index (χ0) is 11.5. The third-order valence-electron chi connectivity index (χ3n) is 3.52. The molecule has 0 spiro atoms. The summed E-state index contributed by atoms with van der Waals surface area (Å²) in [5.41, 5.74) is 8.36. The Balaban J connectivity index is 2.20. The fourth-order valence-electron chi connectivity index (χ4n) is 2.48. The van der Waals surface area contributed by atoms with Crippen molar-refractivity contribution in [1.29, 1.82) is 0 Å². The van der Waals surface area contributed by atoms with Gasteiger partial charge in [-0.3, -0.25) is 0 Å². The Morgan fingerprint density at radius 2 is 2.19 bits per heavy atom. The molecule has 1 fully saturated rings. The van der Waals surface area contributed by atoms with Gasteiger partial charge in [-0.1, -0.05) is 12.1 Å². The lowest BCUT2D eigenvalue weighted by Crippen LogP contribution is -2.09. The summed E-state index contributed by atoms with van der Waals surface area (Å²) in [6.45, 7) is 2.89. The zero-order valence-corrected chi connectivity index (χ0v) is 10.2. The summed E-state index contributed by atoms with van der Waals surface area (Å²) in [7, 11) is 1.72. The van der Waals surface area contributed by atoms with E-state index in [4.69, 9.17) is 10.5 Å². The van der Waals surface area contributed by atoms with E-state index in [1.807, 2.05) is 0 Å². The predicted molar refractivity (Wildman–Crippen MR) is 66.9 cm³/mol. The molecule has 16 heavy (non-hydrogen) atoms. The molecule has 0 heterocycles. The maximum absolute atomic E-state index is 5.70. The van der Waals surface area contributed by atoms with Crippen molar-refractivity contribution < 1.29 is 4.74 Å². The second-order valence-corrected chi connectivity index (χ2v) is 4.75. The van der Waals surface area contributed by atoms with Crippen LogP contribution in [0.3, 0.4) is 0 Å². The Morgan fingerprint density at radius 3 is 2.69 bits per heavy atom. The highest BCUT2D eigenvalue weighted by Crippen LogP contribution is 2.44. The number of aryl methyl sites for hydroxylation is 1. The maximum atomic E-state index is 5.70. The van der Waals surface area contributed by atoms with Crippen molar-refractivity contribution >= 4 is 0 Å². The molecule has 1 aromatic rings. The number of hydrogen-bond donors (Lipinski definition) is 1. The van der Waals surface area contributed by atoms with Crippen LogP contribution in [0.5, 0.6) is 5.75 Å². The van der Waals surface area contributed by atoms with Crippen LogP contribution in [0.25, 0.3) is 0 Å². The smallest absolute Gasteiger partial charge is 0.121 e. The Morgan fingerprint density at radius 1 is 1.44 bits per heavy atom. The first-order chi connectivity index (χ1) is 7.76. The number of nitrogens with two attached hydrogens (primary N) is 1. The number of rotatable bonds is 5. The van der Waals surface area contributed by atoms with Crippen LogP contribution in [0.4, 0.5) is 0 Å². The molecule has 2 rings (SSSR count). The van der Waals surface area contributed by atoms with Crippen LogP contribution in [-0.2, 0) is 0 Å². The first kappa shape index (κ1) is 11.5. The summed E-state index contributed by atoms with van der Waals surface area (Å²) in [5, 5.41) is 0. The molecule has 0 aliphatic heterocycles. The van der Waals surface area contributed by atoms with Crippen LogP contribution in [0.15, 0.2) is 18.2 Å². The van der Waals surface area contributed by atoms with Gasteiger partial charge in [-0.15, -0.1) is 0 Å². The molecule has 2 N–H and O–H groups in total. The van der Waals surface area contributed by atoms with Crippen molar-refractivity contribution in [2.75, 3.05) is 13.7 Å². The van der Waals surface area contributed by atoms with E-state index in [1.165, 1.54) is 24.0 Å². The van der Waals surface area contributed by atoms with E-state index in [2.05, 4.69) is 25.1 Å². The third-order valence-corrected chi connectivity index (χ3v) is 3.52. The minimum Gasteiger partial charge on any atom is -0.496 e. The van der Waals surface area contributed by atoms with Gasteiger partial charge >= 0.3 is 0 Å². The summed E-state index contributed by atoms with van der Waals surface area (Å²) >= 11 is 0.